The molecule has 1 aromatic carbocycles. The maximum absolute atomic E-state index is 12.9. The maximum atomic E-state index is 12.9. The molecule has 152 valence electrons. The van der Waals surface area contributed by atoms with Crippen molar-refractivity contribution in [3.63, 3.8) is 0 Å². The van der Waals surface area contributed by atoms with Gasteiger partial charge in [0.05, 0.1) is 23.5 Å². The number of aromatic nitrogens is 3. The Balaban J connectivity index is 1.81. The number of hydrogen-bond donors (Lipinski definition) is 2. The highest BCUT2D eigenvalue weighted by Gasteiger charge is 2.30. The summed E-state index contributed by atoms with van der Waals surface area (Å²) in [5.74, 6) is 0.364. The van der Waals surface area contributed by atoms with E-state index in [1.165, 1.54) is 29.2 Å². The molecule has 2 atom stereocenters. The Morgan fingerprint density at radius 1 is 1.17 bits per heavy atom. The molecule has 6 nitrogen and oxygen atoms in total. The minimum Gasteiger partial charge on any atom is -0.393 e. The summed E-state index contributed by atoms with van der Waals surface area (Å²) >= 11 is 0. The van der Waals surface area contributed by atoms with Crippen LogP contribution < -0.4 is 10.9 Å². The molecule has 0 spiro atoms. The van der Waals surface area contributed by atoms with Gasteiger partial charge < -0.3 is 15.0 Å². The summed E-state index contributed by atoms with van der Waals surface area (Å²) in [4.78, 5) is 21.5. The Bertz CT molecular complexity index is 1110. The number of nitrogens with one attached hydrogen (secondary N) is 1. The second-order valence-corrected chi connectivity index (χ2v) is 7.29. The molecule has 0 bridgehead atoms. The lowest BCUT2D eigenvalue weighted by Crippen LogP contribution is -2.23. The van der Waals surface area contributed by atoms with Crippen LogP contribution in [0.4, 0.5) is 19.0 Å². The van der Waals surface area contributed by atoms with Gasteiger partial charge in [-0.05, 0) is 37.0 Å². The molecule has 0 unspecified atom stereocenters. The number of aryl methyl sites for hydroxylation is 1. The van der Waals surface area contributed by atoms with Crippen molar-refractivity contribution in [1.29, 1.82) is 0 Å². The van der Waals surface area contributed by atoms with Crippen LogP contribution in [-0.4, -0.2) is 31.8 Å². The number of rotatable bonds is 3. The zero-order valence-corrected chi connectivity index (χ0v) is 15.6. The Hall–Kier alpha value is -2.94. The molecule has 0 aliphatic heterocycles. The predicted molar refractivity (Wildman–Crippen MR) is 102 cm³/mol. The zero-order valence-electron chi connectivity index (χ0n) is 15.6. The largest absolute Gasteiger partial charge is 0.416 e. The first-order valence-electron chi connectivity index (χ1n) is 9.20. The number of hydrogen-bond acceptors (Lipinski definition) is 5. The van der Waals surface area contributed by atoms with E-state index >= 15 is 0 Å². The third-order valence-electron chi connectivity index (χ3n) is 5.21. The molecule has 2 heterocycles. The van der Waals surface area contributed by atoms with Crippen LogP contribution in [0.15, 0.2) is 41.6 Å². The van der Waals surface area contributed by atoms with Crippen LogP contribution >= 0.6 is 0 Å². The molecule has 3 aromatic rings. The van der Waals surface area contributed by atoms with E-state index in [-0.39, 0.29) is 23.1 Å². The molecule has 2 N–H and O–H groups in total. The highest BCUT2D eigenvalue weighted by atomic mass is 19.4. The topological polar surface area (TPSA) is 80.0 Å². The quantitative estimate of drug-likeness (QED) is 0.700. The van der Waals surface area contributed by atoms with Gasteiger partial charge in [0.1, 0.15) is 11.2 Å². The molecule has 2 aromatic heterocycles. The average molecular weight is 404 g/mol. The van der Waals surface area contributed by atoms with Crippen molar-refractivity contribution < 1.29 is 18.3 Å². The Kier molecular flexibility index (Phi) is 4.77. The van der Waals surface area contributed by atoms with E-state index in [9.17, 15) is 23.1 Å². The molecular formula is C20H19F3N4O2. The average Bonchev–Trinajstić information content (AvgIpc) is 3.09. The first-order valence-corrected chi connectivity index (χ1v) is 9.20. The van der Waals surface area contributed by atoms with Gasteiger partial charge in [-0.3, -0.25) is 4.79 Å². The van der Waals surface area contributed by atoms with Crippen LogP contribution in [0.25, 0.3) is 22.0 Å². The molecule has 1 saturated carbocycles. The van der Waals surface area contributed by atoms with Crippen LogP contribution in [0.1, 0.15) is 24.8 Å². The number of aliphatic hydroxyl groups is 1. The fourth-order valence-electron chi connectivity index (χ4n) is 3.65. The smallest absolute Gasteiger partial charge is 0.393 e. The van der Waals surface area contributed by atoms with Crippen molar-refractivity contribution in [2.75, 3.05) is 5.32 Å². The number of benzene rings is 1. The van der Waals surface area contributed by atoms with E-state index in [0.717, 1.165) is 18.6 Å². The lowest BCUT2D eigenvalue weighted by molar-refractivity contribution is -0.137. The number of aliphatic hydroxyl groups excluding tert-OH is 1. The lowest BCUT2D eigenvalue weighted by Gasteiger charge is -2.16. The standard InChI is InChI=1S/C20H19F3N4O2/c1-27-10-25-17-15(11-2-4-12(5-3-11)20(21,22)23)9-24-18(16(17)19(27)29)26-13-6-7-14(28)8-13/h2-5,9-10,13-14,28H,6-8H2,1H3,(H,24,26)/t13-,14-/m1/s1. The number of pyridine rings is 1. The van der Waals surface area contributed by atoms with Crippen LogP contribution in [0.2, 0.25) is 0 Å². The van der Waals surface area contributed by atoms with Gasteiger partial charge in [-0.25, -0.2) is 9.97 Å². The molecule has 0 saturated heterocycles. The predicted octanol–water partition coefficient (Wildman–Crippen LogP) is 3.34. The number of alkyl halides is 3. The number of halogens is 3. The van der Waals surface area contributed by atoms with Crippen molar-refractivity contribution in [3.8, 4) is 11.1 Å². The highest BCUT2D eigenvalue weighted by Crippen LogP contribution is 2.33. The van der Waals surface area contributed by atoms with Gasteiger partial charge in [0.25, 0.3) is 5.56 Å². The summed E-state index contributed by atoms with van der Waals surface area (Å²) in [5, 5.41) is 13.2. The summed E-state index contributed by atoms with van der Waals surface area (Å²) < 4.78 is 39.9. The van der Waals surface area contributed by atoms with Crippen molar-refractivity contribution in [2.24, 2.45) is 7.05 Å². The third-order valence-corrected chi connectivity index (χ3v) is 5.21. The Morgan fingerprint density at radius 3 is 2.52 bits per heavy atom. The lowest BCUT2D eigenvalue weighted by atomic mass is 10.0. The summed E-state index contributed by atoms with van der Waals surface area (Å²) in [7, 11) is 1.57. The first-order chi connectivity index (χ1) is 13.7. The molecule has 29 heavy (non-hydrogen) atoms. The molecule has 1 fully saturated rings. The van der Waals surface area contributed by atoms with Crippen LogP contribution in [0.5, 0.6) is 0 Å². The molecule has 1 aliphatic carbocycles. The highest BCUT2D eigenvalue weighted by molar-refractivity contribution is 5.98. The van der Waals surface area contributed by atoms with Crippen molar-refractivity contribution in [3.05, 3.63) is 52.7 Å². The molecule has 4 rings (SSSR count). The van der Waals surface area contributed by atoms with E-state index < -0.39 is 11.7 Å². The minimum absolute atomic E-state index is 0.0115. The van der Waals surface area contributed by atoms with Crippen LogP contribution in [-0.2, 0) is 13.2 Å². The molecule has 0 radical (unpaired) electrons. The van der Waals surface area contributed by atoms with Crippen molar-refractivity contribution in [1.82, 2.24) is 14.5 Å². The Morgan fingerprint density at radius 2 is 1.90 bits per heavy atom. The molecule has 1 aliphatic rings. The summed E-state index contributed by atoms with van der Waals surface area (Å²) in [6.07, 6.45) is 0.0658. The van der Waals surface area contributed by atoms with E-state index in [1.807, 2.05) is 0 Å². The summed E-state index contributed by atoms with van der Waals surface area (Å²) in [6.45, 7) is 0. The van der Waals surface area contributed by atoms with Crippen molar-refractivity contribution >= 4 is 16.7 Å². The van der Waals surface area contributed by atoms with Gasteiger partial charge in [-0.15, -0.1) is 0 Å². The fourth-order valence-corrected chi connectivity index (χ4v) is 3.65. The number of fused-ring (bicyclic) bond motifs is 1. The minimum atomic E-state index is -4.42. The SMILES string of the molecule is Cn1cnc2c(-c3ccc(C(F)(F)F)cc3)cnc(N[C@@H]3CC[C@@H](O)C3)c2c1=O. The van der Waals surface area contributed by atoms with Crippen LogP contribution in [0.3, 0.4) is 0 Å². The fraction of sp³-hybridized carbons (Fsp3) is 0.350. The molecular weight excluding hydrogens is 385 g/mol. The van der Waals surface area contributed by atoms with Crippen LogP contribution in [0, 0.1) is 0 Å². The van der Waals surface area contributed by atoms with Gasteiger partial charge >= 0.3 is 6.18 Å². The maximum Gasteiger partial charge on any atom is 0.416 e. The number of nitrogens with zero attached hydrogens (tertiary/aromatic N) is 3. The van der Waals surface area contributed by atoms with Gasteiger partial charge in [-0.2, -0.15) is 13.2 Å². The zero-order chi connectivity index (χ0) is 20.8. The summed E-state index contributed by atoms with van der Waals surface area (Å²) in [6, 6.07) is 4.67. The molecule has 0 amide bonds. The van der Waals surface area contributed by atoms with Gasteiger partial charge in [0.15, 0.2) is 0 Å². The second kappa shape index (κ2) is 7.14. The van der Waals surface area contributed by atoms with Gasteiger partial charge in [0.2, 0.25) is 0 Å². The van der Waals surface area contributed by atoms with E-state index in [1.54, 1.807) is 7.05 Å². The summed E-state index contributed by atoms with van der Waals surface area (Å²) in [5.41, 5.74) is 0.268. The monoisotopic (exact) mass is 404 g/mol. The first kappa shape index (κ1) is 19.4. The van der Waals surface area contributed by atoms with E-state index in [2.05, 4.69) is 15.3 Å². The van der Waals surface area contributed by atoms with Gasteiger partial charge in [0, 0.05) is 24.8 Å². The molecule has 9 heteroatoms. The van der Waals surface area contributed by atoms with E-state index in [0.29, 0.717) is 35.3 Å². The van der Waals surface area contributed by atoms with E-state index in [4.69, 9.17) is 0 Å². The van der Waals surface area contributed by atoms with Crippen molar-refractivity contribution in [2.45, 2.75) is 37.6 Å². The Labute approximate surface area is 164 Å². The number of anilines is 1. The third kappa shape index (κ3) is 3.69. The second-order valence-electron chi connectivity index (χ2n) is 7.29. The van der Waals surface area contributed by atoms with Gasteiger partial charge in [-0.1, -0.05) is 12.1 Å². The normalized spacial score (nSPS) is 19.6.